The summed E-state index contributed by atoms with van der Waals surface area (Å²) in [5, 5.41) is 12.6. The second-order valence-corrected chi connectivity index (χ2v) is 22.6. The molecule has 8 aromatic carbocycles. The van der Waals surface area contributed by atoms with Gasteiger partial charge in [0.2, 0.25) is 0 Å². The lowest BCUT2D eigenvalue weighted by molar-refractivity contribution is -0.378. The molecule has 15 heteroatoms. The van der Waals surface area contributed by atoms with E-state index in [1.54, 1.807) is 0 Å². The Morgan fingerprint density at radius 2 is 0.719 bits per heavy atom. The Bertz CT molecular complexity index is 3270. The largest absolute Gasteiger partial charge is 0.445 e. The molecule has 0 aromatic heterocycles. The van der Waals surface area contributed by atoms with Crippen LogP contribution in [-0.4, -0.2) is 116 Å². The van der Waals surface area contributed by atoms with Gasteiger partial charge in [-0.15, -0.1) is 0 Å². The van der Waals surface area contributed by atoms with Gasteiger partial charge in [0.1, 0.15) is 61.5 Å². The van der Waals surface area contributed by atoms with E-state index in [0.29, 0.717) is 6.61 Å². The molecule has 3 saturated heterocycles. The smallest absolute Gasteiger partial charge is 0.410 e. The topological polar surface area (TPSA) is 151 Å². The van der Waals surface area contributed by atoms with Crippen LogP contribution in [0, 0.1) is 0 Å². The highest BCUT2D eigenvalue weighted by molar-refractivity contribution is 5.69. The maximum Gasteiger partial charge on any atom is 0.410 e. The predicted molar refractivity (Wildman–Crippen MR) is 333 cm³/mol. The highest BCUT2D eigenvalue weighted by atomic mass is 16.8. The van der Waals surface area contributed by atoms with Crippen LogP contribution in [0.2, 0.25) is 0 Å². The van der Waals surface area contributed by atoms with Crippen molar-refractivity contribution in [2.45, 2.75) is 139 Å². The summed E-state index contributed by atoms with van der Waals surface area (Å²) in [6, 6.07) is 77.8. The first-order valence-corrected chi connectivity index (χ1v) is 30.7. The van der Waals surface area contributed by atoms with Gasteiger partial charge in [0.15, 0.2) is 12.6 Å². The standard InChI is InChI=1S/C74H79NO14/c1-53-66(80-45-56-30-14-4-15-31-56)68(81-46-57-32-16-5-17-33-57)70(83-48-59-36-20-7-21-37-59)72(86-53)89-67-64(52-79-44-55-28-12-3-13-29-55)88-73(71(84-49-60-38-22-8-23-39-60)69(67)82-47-58-34-18-6-19-35-58)87-63-42-75(74(77)85-50-61-40-24-9-25-41-61)62(65(63)76)51-78-43-54-26-10-2-11-27-54/h2-41,53,62-73,76H,42-52H2,1H3/t53-,62-,63-,64-,65-,66-,67-,68+,69+,70-,71-,72+,73+/m1/s1. The van der Waals surface area contributed by atoms with Crippen molar-refractivity contribution in [3.63, 3.8) is 0 Å². The zero-order valence-corrected chi connectivity index (χ0v) is 50.1. The van der Waals surface area contributed by atoms with Crippen LogP contribution in [0.25, 0.3) is 0 Å². The summed E-state index contributed by atoms with van der Waals surface area (Å²) >= 11 is 0. The fraction of sp³-hybridized carbons (Fsp3) is 0.338. The molecule has 464 valence electrons. The van der Waals surface area contributed by atoms with Gasteiger partial charge in [0.05, 0.1) is 78.2 Å². The summed E-state index contributed by atoms with van der Waals surface area (Å²) in [6.45, 7) is 3.32. The lowest BCUT2D eigenvalue weighted by Gasteiger charge is -2.50. The quantitative estimate of drug-likeness (QED) is 0.0473. The molecule has 3 heterocycles. The minimum Gasteiger partial charge on any atom is -0.445 e. The van der Waals surface area contributed by atoms with Gasteiger partial charge in [0.25, 0.3) is 0 Å². The number of likely N-dealkylation sites (tertiary alicyclic amines) is 1. The fourth-order valence-corrected chi connectivity index (χ4v) is 11.4. The Morgan fingerprint density at radius 1 is 0.393 bits per heavy atom. The van der Waals surface area contributed by atoms with Gasteiger partial charge >= 0.3 is 6.09 Å². The summed E-state index contributed by atoms with van der Waals surface area (Å²) in [5.41, 5.74) is 7.35. The summed E-state index contributed by atoms with van der Waals surface area (Å²) in [6.07, 6.45) is -12.3. The normalized spacial score (nSPS) is 25.1. The molecule has 89 heavy (non-hydrogen) atoms. The van der Waals surface area contributed by atoms with Crippen LogP contribution in [0.1, 0.15) is 51.4 Å². The van der Waals surface area contributed by atoms with Crippen molar-refractivity contribution < 1.29 is 66.7 Å². The molecule has 0 aliphatic carbocycles. The highest BCUT2D eigenvalue weighted by Crippen LogP contribution is 2.38. The van der Waals surface area contributed by atoms with Gasteiger partial charge in [-0.1, -0.05) is 243 Å². The van der Waals surface area contributed by atoms with Crippen molar-refractivity contribution >= 4 is 6.09 Å². The Hall–Kier alpha value is -7.45. The lowest BCUT2D eigenvalue weighted by atomic mass is 9.96. The third-order valence-corrected chi connectivity index (χ3v) is 16.1. The zero-order valence-electron chi connectivity index (χ0n) is 50.1. The number of hydrogen-bond acceptors (Lipinski definition) is 14. The molecule has 3 aliphatic heterocycles. The van der Waals surface area contributed by atoms with Crippen molar-refractivity contribution in [3.05, 3.63) is 287 Å². The van der Waals surface area contributed by atoms with Crippen LogP contribution in [0.4, 0.5) is 4.79 Å². The molecular weight excluding hydrogens is 1130 g/mol. The molecule has 15 nitrogen and oxygen atoms in total. The Morgan fingerprint density at radius 3 is 1.12 bits per heavy atom. The molecule has 13 atom stereocenters. The number of aliphatic hydroxyl groups is 1. The number of benzene rings is 8. The highest BCUT2D eigenvalue weighted by Gasteiger charge is 2.56. The summed E-state index contributed by atoms with van der Waals surface area (Å²) < 4.78 is 83.2. The molecule has 0 unspecified atom stereocenters. The van der Waals surface area contributed by atoms with E-state index in [9.17, 15) is 9.90 Å². The van der Waals surface area contributed by atoms with Gasteiger partial charge in [-0.25, -0.2) is 4.79 Å². The van der Waals surface area contributed by atoms with E-state index < -0.39 is 85.8 Å². The van der Waals surface area contributed by atoms with Crippen molar-refractivity contribution in [1.29, 1.82) is 0 Å². The number of nitrogens with zero attached hydrogens (tertiary/aromatic N) is 1. The molecule has 0 spiro atoms. The van der Waals surface area contributed by atoms with E-state index in [-0.39, 0.29) is 66.0 Å². The second-order valence-electron chi connectivity index (χ2n) is 22.6. The van der Waals surface area contributed by atoms with Crippen LogP contribution in [0.3, 0.4) is 0 Å². The monoisotopic (exact) mass is 1210 g/mol. The lowest BCUT2D eigenvalue weighted by Crippen LogP contribution is -2.66. The minimum absolute atomic E-state index is 0.0198. The van der Waals surface area contributed by atoms with Gasteiger partial charge in [-0.3, -0.25) is 4.90 Å². The van der Waals surface area contributed by atoms with E-state index in [4.69, 9.17) is 56.8 Å². The molecule has 3 aliphatic rings. The van der Waals surface area contributed by atoms with Crippen LogP contribution in [-0.2, 0) is 110 Å². The van der Waals surface area contributed by atoms with Gasteiger partial charge < -0.3 is 61.9 Å². The van der Waals surface area contributed by atoms with Gasteiger partial charge in [-0.05, 0) is 51.4 Å². The zero-order chi connectivity index (χ0) is 60.8. The second kappa shape index (κ2) is 32.9. The number of amides is 1. The third kappa shape index (κ3) is 17.9. The number of aliphatic hydroxyl groups excluding tert-OH is 1. The molecule has 11 rings (SSSR count). The Labute approximate surface area is 521 Å². The van der Waals surface area contributed by atoms with Crippen LogP contribution in [0.5, 0.6) is 0 Å². The molecule has 8 aromatic rings. The molecular formula is C74H79NO14. The van der Waals surface area contributed by atoms with E-state index in [1.165, 1.54) is 4.90 Å². The van der Waals surface area contributed by atoms with Crippen LogP contribution in [0.15, 0.2) is 243 Å². The average Bonchev–Trinajstić information content (AvgIpc) is 1.76. The fourth-order valence-electron chi connectivity index (χ4n) is 11.4. The number of carbonyl (C=O) groups is 1. The van der Waals surface area contributed by atoms with Crippen LogP contribution < -0.4 is 0 Å². The number of rotatable bonds is 29. The number of hydrogen-bond donors (Lipinski definition) is 1. The average molecular weight is 1210 g/mol. The Kier molecular flexibility index (Phi) is 23.3. The summed E-state index contributed by atoms with van der Waals surface area (Å²) in [5.74, 6) is 0. The SMILES string of the molecule is C[C@H]1O[C@@H](O[C@H]2[C@H](OCc3ccccc3)[C@@H](OCc3ccccc3)[C@@H](O[C@@H]3CN(C(=O)OCc4ccccc4)[C@H](COCc4ccccc4)[C@H]3O)O[C@@H]2COCc2ccccc2)[C@H](OCc2ccccc2)[C@@H](OCc2ccccc2)[C@@H]1OCc1ccccc1. The van der Waals surface area contributed by atoms with Crippen molar-refractivity contribution in [3.8, 4) is 0 Å². The van der Waals surface area contributed by atoms with E-state index >= 15 is 0 Å². The first-order chi connectivity index (χ1) is 43.9. The van der Waals surface area contributed by atoms with Crippen molar-refractivity contribution in [1.82, 2.24) is 4.90 Å². The minimum atomic E-state index is -1.27. The third-order valence-electron chi connectivity index (χ3n) is 16.1. The van der Waals surface area contributed by atoms with Crippen molar-refractivity contribution in [2.24, 2.45) is 0 Å². The molecule has 0 bridgehead atoms. The molecule has 0 radical (unpaired) electrons. The van der Waals surface area contributed by atoms with E-state index in [2.05, 4.69) is 0 Å². The first-order valence-electron chi connectivity index (χ1n) is 30.7. The van der Waals surface area contributed by atoms with Crippen LogP contribution >= 0.6 is 0 Å². The van der Waals surface area contributed by atoms with Gasteiger partial charge in [0, 0.05) is 0 Å². The van der Waals surface area contributed by atoms with Gasteiger partial charge in [-0.2, -0.15) is 0 Å². The number of ether oxygens (including phenoxy) is 12. The molecule has 3 fully saturated rings. The maximum atomic E-state index is 14.3. The molecule has 1 amide bonds. The van der Waals surface area contributed by atoms with E-state index in [0.717, 1.165) is 44.5 Å². The summed E-state index contributed by atoms with van der Waals surface area (Å²) in [4.78, 5) is 15.8. The van der Waals surface area contributed by atoms with E-state index in [1.807, 2.05) is 250 Å². The molecule has 1 N–H and O–H groups in total. The predicted octanol–water partition coefficient (Wildman–Crippen LogP) is 12.0. The molecule has 0 saturated carbocycles. The Balaban J connectivity index is 0.959. The number of carbonyl (C=O) groups excluding carboxylic acids is 1. The maximum absolute atomic E-state index is 14.3. The van der Waals surface area contributed by atoms with Crippen molar-refractivity contribution in [2.75, 3.05) is 19.8 Å². The summed E-state index contributed by atoms with van der Waals surface area (Å²) in [7, 11) is 0. The first kappa shape index (κ1) is 63.1.